The molecule has 0 spiro atoms. The number of hydrogen-bond donors (Lipinski definition) is 0. The molecule has 0 bridgehead atoms. The molecule has 0 saturated carbocycles. The van der Waals surface area contributed by atoms with Crippen LogP contribution in [0.15, 0.2) is 18.3 Å². The minimum Gasteiger partial charge on any atom is -0.379 e. The van der Waals surface area contributed by atoms with E-state index in [1.165, 1.54) is 18.3 Å². The van der Waals surface area contributed by atoms with Crippen LogP contribution < -0.4 is 4.18 Å². The SMILES string of the molecule is Cc1ncccc1OS(=O)(=O)CF. The summed E-state index contributed by atoms with van der Waals surface area (Å²) >= 11 is 0. The number of alkyl halides is 1. The van der Waals surface area contributed by atoms with Crippen molar-refractivity contribution in [2.24, 2.45) is 0 Å². The molecule has 0 aromatic carbocycles. The number of nitrogens with zero attached hydrogens (tertiary/aromatic N) is 1. The molecule has 1 aromatic heterocycles. The molecule has 0 unspecified atom stereocenters. The Balaban J connectivity index is 2.93. The number of hydrogen-bond acceptors (Lipinski definition) is 4. The number of halogens is 1. The van der Waals surface area contributed by atoms with Gasteiger partial charge in [0.2, 0.25) is 6.01 Å². The molecule has 0 atom stereocenters. The molecule has 1 heterocycles. The summed E-state index contributed by atoms with van der Waals surface area (Å²) in [5.74, 6) is 0.0557. The predicted octanol–water partition coefficient (Wildman–Crippen LogP) is 1.03. The maximum Gasteiger partial charge on any atom is 0.339 e. The molecule has 4 nitrogen and oxygen atoms in total. The minimum absolute atomic E-state index is 0.0557. The Morgan fingerprint density at radius 1 is 1.62 bits per heavy atom. The van der Waals surface area contributed by atoms with E-state index >= 15 is 0 Å². The van der Waals surface area contributed by atoms with Crippen LogP contribution in [0, 0.1) is 6.92 Å². The highest BCUT2D eigenvalue weighted by Crippen LogP contribution is 2.15. The summed E-state index contributed by atoms with van der Waals surface area (Å²) < 4.78 is 37.7. The molecule has 0 radical (unpaired) electrons. The molecule has 0 saturated heterocycles. The van der Waals surface area contributed by atoms with E-state index < -0.39 is 16.1 Å². The average Bonchev–Trinajstić information content (AvgIpc) is 2.09. The standard InChI is InChI=1S/C7H8FNO3S/c1-6-7(3-2-4-9-6)12-13(10,11)5-8/h2-4H,5H2,1H3. The van der Waals surface area contributed by atoms with Crippen molar-refractivity contribution in [2.75, 3.05) is 6.01 Å². The first-order valence-corrected chi connectivity index (χ1v) is 5.02. The van der Waals surface area contributed by atoms with Gasteiger partial charge in [-0.1, -0.05) is 0 Å². The monoisotopic (exact) mass is 205 g/mol. The molecule has 1 rings (SSSR count). The van der Waals surface area contributed by atoms with Crippen molar-refractivity contribution < 1.29 is 17.0 Å². The van der Waals surface area contributed by atoms with Gasteiger partial charge >= 0.3 is 10.1 Å². The van der Waals surface area contributed by atoms with Crippen LogP contribution >= 0.6 is 0 Å². The number of aryl methyl sites for hydroxylation is 1. The molecule has 0 N–H and O–H groups in total. The van der Waals surface area contributed by atoms with Crippen molar-refractivity contribution in [2.45, 2.75) is 6.92 Å². The van der Waals surface area contributed by atoms with Crippen molar-refractivity contribution in [3.63, 3.8) is 0 Å². The number of rotatable bonds is 3. The lowest BCUT2D eigenvalue weighted by atomic mass is 10.3. The zero-order valence-corrected chi connectivity index (χ0v) is 7.71. The summed E-state index contributed by atoms with van der Waals surface area (Å²) in [7, 11) is -4.10. The molecule has 13 heavy (non-hydrogen) atoms. The van der Waals surface area contributed by atoms with Crippen molar-refractivity contribution in [1.82, 2.24) is 4.98 Å². The maximum atomic E-state index is 11.9. The van der Waals surface area contributed by atoms with Gasteiger partial charge in [0, 0.05) is 6.20 Å². The van der Waals surface area contributed by atoms with Crippen LogP contribution in [0.2, 0.25) is 0 Å². The van der Waals surface area contributed by atoms with Crippen molar-refractivity contribution in [3.05, 3.63) is 24.0 Å². The third-order valence-corrected chi connectivity index (χ3v) is 2.01. The zero-order valence-electron chi connectivity index (χ0n) is 6.90. The second-order valence-electron chi connectivity index (χ2n) is 2.34. The van der Waals surface area contributed by atoms with Gasteiger partial charge in [0.25, 0.3) is 0 Å². The zero-order chi connectivity index (χ0) is 9.90. The molecule has 72 valence electrons. The first-order chi connectivity index (χ1) is 6.05. The Hall–Kier alpha value is -1.17. The predicted molar refractivity (Wildman–Crippen MR) is 44.5 cm³/mol. The molecule has 0 aliphatic rings. The van der Waals surface area contributed by atoms with E-state index in [-0.39, 0.29) is 5.75 Å². The first-order valence-electron chi connectivity index (χ1n) is 3.45. The molecule has 1 aromatic rings. The van der Waals surface area contributed by atoms with Gasteiger partial charge in [-0.05, 0) is 19.1 Å². The fourth-order valence-corrected chi connectivity index (χ4v) is 1.21. The molecule has 6 heteroatoms. The van der Waals surface area contributed by atoms with E-state index in [2.05, 4.69) is 9.17 Å². The van der Waals surface area contributed by atoms with Crippen LogP contribution in [0.4, 0.5) is 4.39 Å². The minimum atomic E-state index is -4.10. The first kappa shape index (κ1) is 9.91. The van der Waals surface area contributed by atoms with Gasteiger partial charge in [0.05, 0.1) is 5.69 Å². The molecule has 0 aliphatic heterocycles. The Morgan fingerprint density at radius 2 is 2.31 bits per heavy atom. The largest absolute Gasteiger partial charge is 0.379 e. The summed E-state index contributed by atoms with van der Waals surface area (Å²) in [4.78, 5) is 3.79. The van der Waals surface area contributed by atoms with E-state index in [0.717, 1.165) is 0 Å². The molecule has 0 aliphatic carbocycles. The van der Waals surface area contributed by atoms with E-state index in [0.29, 0.717) is 5.69 Å². The number of aromatic nitrogens is 1. The Morgan fingerprint density at radius 3 is 2.85 bits per heavy atom. The van der Waals surface area contributed by atoms with Crippen LogP contribution in [-0.4, -0.2) is 19.4 Å². The van der Waals surface area contributed by atoms with E-state index in [4.69, 9.17) is 0 Å². The van der Waals surface area contributed by atoms with Crippen LogP contribution in [0.1, 0.15) is 5.69 Å². The summed E-state index contributed by atoms with van der Waals surface area (Å²) in [6.07, 6.45) is 1.49. The van der Waals surface area contributed by atoms with E-state index in [9.17, 15) is 12.8 Å². The fraction of sp³-hybridized carbons (Fsp3) is 0.286. The number of pyridine rings is 1. The van der Waals surface area contributed by atoms with Gasteiger partial charge < -0.3 is 4.18 Å². The highest BCUT2D eigenvalue weighted by Gasteiger charge is 2.13. The summed E-state index contributed by atoms with van der Waals surface area (Å²) in [6, 6.07) is 1.38. The van der Waals surface area contributed by atoms with Gasteiger partial charge in [-0.25, -0.2) is 4.39 Å². The van der Waals surface area contributed by atoms with Crippen LogP contribution in [0.25, 0.3) is 0 Å². The smallest absolute Gasteiger partial charge is 0.339 e. The van der Waals surface area contributed by atoms with Gasteiger partial charge in [-0.3, -0.25) is 4.98 Å². The summed E-state index contributed by atoms with van der Waals surface area (Å²) in [6.45, 7) is 1.57. The average molecular weight is 205 g/mol. The third-order valence-electron chi connectivity index (χ3n) is 1.31. The quantitative estimate of drug-likeness (QED) is 0.691. The highest BCUT2D eigenvalue weighted by molar-refractivity contribution is 7.86. The maximum absolute atomic E-state index is 11.9. The molecular weight excluding hydrogens is 197 g/mol. The highest BCUT2D eigenvalue weighted by atomic mass is 32.2. The summed E-state index contributed by atoms with van der Waals surface area (Å²) in [5.41, 5.74) is 0.402. The van der Waals surface area contributed by atoms with Crippen molar-refractivity contribution >= 4 is 10.1 Å². The van der Waals surface area contributed by atoms with Crippen LogP contribution in [0.5, 0.6) is 5.75 Å². The van der Waals surface area contributed by atoms with Gasteiger partial charge in [-0.15, -0.1) is 0 Å². The Kier molecular flexibility index (Phi) is 2.82. The van der Waals surface area contributed by atoms with Crippen molar-refractivity contribution in [3.8, 4) is 5.75 Å². The topological polar surface area (TPSA) is 56.3 Å². The molecule has 0 fully saturated rings. The molecular formula is C7H8FNO3S. The van der Waals surface area contributed by atoms with Gasteiger partial charge in [0.15, 0.2) is 5.75 Å². The lowest BCUT2D eigenvalue weighted by Crippen LogP contribution is -2.11. The van der Waals surface area contributed by atoms with Gasteiger partial charge in [-0.2, -0.15) is 8.42 Å². The van der Waals surface area contributed by atoms with Gasteiger partial charge in [0.1, 0.15) is 0 Å². The van der Waals surface area contributed by atoms with E-state index in [1.54, 1.807) is 6.92 Å². The second-order valence-corrected chi connectivity index (χ2v) is 3.84. The van der Waals surface area contributed by atoms with Crippen LogP contribution in [-0.2, 0) is 10.1 Å². The van der Waals surface area contributed by atoms with Crippen LogP contribution in [0.3, 0.4) is 0 Å². The summed E-state index contributed by atoms with van der Waals surface area (Å²) in [5, 5.41) is 0. The third kappa shape index (κ3) is 2.66. The Bertz CT molecular complexity index is 390. The molecule has 0 amide bonds. The fourth-order valence-electron chi connectivity index (χ4n) is 0.717. The second kappa shape index (κ2) is 3.69. The lowest BCUT2D eigenvalue weighted by Gasteiger charge is -2.04. The Labute approximate surface area is 75.5 Å². The van der Waals surface area contributed by atoms with Crippen molar-refractivity contribution in [1.29, 1.82) is 0 Å². The normalized spacial score (nSPS) is 11.2. The van der Waals surface area contributed by atoms with E-state index in [1.807, 2.05) is 0 Å². The lowest BCUT2D eigenvalue weighted by molar-refractivity contribution is 0.449.